The zero-order chi connectivity index (χ0) is 15.7. The number of aryl methyl sites for hydroxylation is 1. The molecule has 4 nitrogen and oxygen atoms in total. The fraction of sp³-hybridized carbons (Fsp3) is 0.611. The molecule has 0 aromatic heterocycles. The Morgan fingerprint density at radius 3 is 2.86 bits per heavy atom. The van der Waals surface area contributed by atoms with Gasteiger partial charge in [-0.25, -0.2) is 0 Å². The lowest BCUT2D eigenvalue weighted by Crippen LogP contribution is -2.39. The molecule has 1 aromatic carbocycles. The maximum absolute atomic E-state index is 12.8. The molecule has 120 valence electrons. The number of hydrogen-bond acceptors (Lipinski definition) is 3. The molecular weight excluding hydrogens is 276 g/mol. The minimum Gasteiger partial charge on any atom is -0.364 e. The van der Waals surface area contributed by atoms with Crippen LogP contribution >= 0.6 is 0 Å². The topological polar surface area (TPSA) is 55.6 Å². The van der Waals surface area contributed by atoms with E-state index in [0.717, 1.165) is 32.2 Å². The molecule has 2 aliphatic rings. The third kappa shape index (κ3) is 2.77. The number of nitrogens with two attached hydrogens (primary N) is 1. The zero-order valence-corrected chi connectivity index (χ0v) is 13.5. The molecule has 2 N–H and O–H groups in total. The number of ether oxygens (including phenoxy) is 1. The summed E-state index contributed by atoms with van der Waals surface area (Å²) in [5.41, 5.74) is 9.54. The summed E-state index contributed by atoms with van der Waals surface area (Å²) in [6.07, 6.45) is 3.57. The van der Waals surface area contributed by atoms with Crippen LogP contribution in [-0.2, 0) is 9.53 Å². The van der Waals surface area contributed by atoms with Crippen molar-refractivity contribution in [2.24, 2.45) is 5.73 Å². The van der Waals surface area contributed by atoms with Crippen molar-refractivity contribution >= 4 is 5.91 Å². The van der Waals surface area contributed by atoms with Gasteiger partial charge in [0.2, 0.25) is 0 Å². The first-order valence-corrected chi connectivity index (χ1v) is 8.34. The highest BCUT2D eigenvalue weighted by atomic mass is 16.5. The van der Waals surface area contributed by atoms with Gasteiger partial charge in [-0.2, -0.15) is 0 Å². The van der Waals surface area contributed by atoms with E-state index in [1.807, 2.05) is 4.90 Å². The lowest BCUT2D eigenvalue weighted by Gasteiger charge is -2.29. The first-order valence-electron chi connectivity index (χ1n) is 8.34. The zero-order valence-electron chi connectivity index (χ0n) is 13.5. The molecule has 2 saturated heterocycles. The van der Waals surface area contributed by atoms with E-state index < -0.39 is 0 Å². The fourth-order valence-electron chi connectivity index (χ4n) is 3.73. The van der Waals surface area contributed by atoms with Crippen molar-refractivity contribution in [2.45, 2.75) is 57.8 Å². The van der Waals surface area contributed by atoms with E-state index in [4.69, 9.17) is 10.5 Å². The monoisotopic (exact) mass is 302 g/mol. The maximum Gasteiger partial charge on any atom is 0.252 e. The van der Waals surface area contributed by atoms with E-state index in [2.05, 4.69) is 32.0 Å². The van der Waals surface area contributed by atoms with E-state index in [9.17, 15) is 4.79 Å². The van der Waals surface area contributed by atoms with Crippen LogP contribution in [0.2, 0.25) is 0 Å². The summed E-state index contributed by atoms with van der Waals surface area (Å²) >= 11 is 0. The maximum atomic E-state index is 12.8. The molecule has 2 fully saturated rings. The summed E-state index contributed by atoms with van der Waals surface area (Å²) in [5.74, 6) is 0.152. The lowest BCUT2D eigenvalue weighted by molar-refractivity contribution is -0.143. The fourth-order valence-corrected chi connectivity index (χ4v) is 3.73. The Balaban J connectivity index is 1.78. The third-order valence-corrected chi connectivity index (χ3v) is 5.19. The third-order valence-electron chi connectivity index (χ3n) is 5.19. The molecule has 0 spiro atoms. The largest absolute Gasteiger partial charge is 0.364 e. The quantitative estimate of drug-likeness (QED) is 0.933. The Kier molecular flexibility index (Phi) is 4.50. The molecule has 0 aliphatic carbocycles. The van der Waals surface area contributed by atoms with Gasteiger partial charge in [0, 0.05) is 13.1 Å². The summed E-state index contributed by atoms with van der Waals surface area (Å²) in [6, 6.07) is 6.59. The van der Waals surface area contributed by atoms with Gasteiger partial charge in [0.15, 0.2) is 0 Å². The van der Waals surface area contributed by atoms with Crippen molar-refractivity contribution in [3.05, 3.63) is 34.9 Å². The van der Waals surface area contributed by atoms with Crippen LogP contribution in [0.1, 0.15) is 48.4 Å². The number of carbonyl (C=O) groups is 1. The van der Waals surface area contributed by atoms with Crippen LogP contribution < -0.4 is 5.73 Å². The molecule has 2 aliphatic heterocycles. The normalized spacial score (nSPS) is 28.3. The van der Waals surface area contributed by atoms with Gasteiger partial charge in [0.05, 0.1) is 12.1 Å². The molecule has 22 heavy (non-hydrogen) atoms. The van der Waals surface area contributed by atoms with Crippen molar-refractivity contribution in [1.82, 2.24) is 4.90 Å². The van der Waals surface area contributed by atoms with Gasteiger partial charge in [-0.05, 0) is 56.2 Å². The first-order chi connectivity index (χ1) is 10.6. The van der Waals surface area contributed by atoms with Crippen molar-refractivity contribution in [1.29, 1.82) is 0 Å². The second-order valence-electron chi connectivity index (χ2n) is 6.54. The highest BCUT2D eigenvalue weighted by Gasteiger charge is 2.38. The van der Waals surface area contributed by atoms with E-state index >= 15 is 0 Å². The van der Waals surface area contributed by atoms with Crippen molar-refractivity contribution in [3.63, 3.8) is 0 Å². The van der Waals surface area contributed by atoms with Crippen molar-refractivity contribution < 1.29 is 9.53 Å². The number of amides is 1. The number of hydrogen-bond donors (Lipinski definition) is 1. The second-order valence-corrected chi connectivity index (χ2v) is 6.54. The number of carbonyl (C=O) groups excluding carboxylic acids is 1. The summed E-state index contributed by atoms with van der Waals surface area (Å²) in [6.45, 7) is 5.63. The molecule has 2 heterocycles. The molecule has 0 saturated carbocycles. The second kappa shape index (κ2) is 6.39. The molecule has 0 bridgehead atoms. The van der Waals surface area contributed by atoms with Crippen LogP contribution in [0.4, 0.5) is 0 Å². The average Bonchev–Trinajstić information content (AvgIpc) is 3.18. The Morgan fingerprint density at radius 2 is 2.14 bits per heavy atom. The van der Waals surface area contributed by atoms with Crippen LogP contribution in [-0.4, -0.2) is 36.1 Å². The number of rotatable bonds is 3. The van der Waals surface area contributed by atoms with Gasteiger partial charge < -0.3 is 15.4 Å². The summed E-state index contributed by atoms with van der Waals surface area (Å²) in [7, 11) is 0. The van der Waals surface area contributed by atoms with Crippen LogP contribution in [0.3, 0.4) is 0 Å². The van der Waals surface area contributed by atoms with Gasteiger partial charge in [-0.3, -0.25) is 4.79 Å². The van der Waals surface area contributed by atoms with Gasteiger partial charge in [-0.15, -0.1) is 0 Å². The van der Waals surface area contributed by atoms with Crippen molar-refractivity contribution in [2.75, 3.05) is 13.1 Å². The highest BCUT2D eigenvalue weighted by molar-refractivity contribution is 5.82. The van der Waals surface area contributed by atoms with Crippen LogP contribution in [0.15, 0.2) is 18.2 Å². The van der Waals surface area contributed by atoms with Gasteiger partial charge >= 0.3 is 0 Å². The van der Waals surface area contributed by atoms with Crippen LogP contribution in [0.5, 0.6) is 0 Å². The summed E-state index contributed by atoms with van der Waals surface area (Å²) in [4.78, 5) is 14.9. The Bertz CT molecular complexity index is 558. The molecule has 3 rings (SSSR count). The van der Waals surface area contributed by atoms with Crippen LogP contribution in [0.25, 0.3) is 0 Å². The predicted molar refractivity (Wildman–Crippen MR) is 86.6 cm³/mol. The minimum absolute atomic E-state index is 0.0516. The minimum atomic E-state index is -0.292. The number of nitrogens with zero attached hydrogens (tertiary/aromatic N) is 1. The summed E-state index contributed by atoms with van der Waals surface area (Å²) < 4.78 is 5.81. The average molecular weight is 302 g/mol. The highest BCUT2D eigenvalue weighted by Crippen LogP contribution is 2.36. The molecule has 1 amide bonds. The predicted octanol–water partition coefficient (Wildman–Crippen LogP) is 2.47. The molecule has 3 atom stereocenters. The lowest BCUT2D eigenvalue weighted by atomic mass is 9.95. The summed E-state index contributed by atoms with van der Waals surface area (Å²) in [5, 5.41) is 0. The van der Waals surface area contributed by atoms with Crippen molar-refractivity contribution in [3.8, 4) is 0 Å². The van der Waals surface area contributed by atoms with E-state index in [1.165, 1.54) is 16.7 Å². The Hall–Kier alpha value is -1.39. The molecular formula is C18H26N2O2. The Morgan fingerprint density at radius 1 is 1.32 bits per heavy atom. The standard InChI is InChI=1S/C18H26N2O2/c1-12-5-3-6-15(13(12)2)16-7-4-10-20(16)18(21)17-9-8-14(11-19)22-17/h3,5-6,14,16-17H,4,7-11,19H2,1-2H3/t14-,16?,17+/m1/s1. The first kappa shape index (κ1) is 15.5. The smallest absolute Gasteiger partial charge is 0.252 e. The van der Waals surface area contributed by atoms with Gasteiger partial charge in [0.25, 0.3) is 5.91 Å². The number of likely N-dealkylation sites (tertiary alicyclic amines) is 1. The van der Waals surface area contributed by atoms with E-state index in [1.54, 1.807) is 0 Å². The Labute approximate surface area is 132 Å². The molecule has 1 unspecified atom stereocenters. The van der Waals surface area contributed by atoms with Gasteiger partial charge in [-0.1, -0.05) is 18.2 Å². The van der Waals surface area contributed by atoms with Gasteiger partial charge in [0.1, 0.15) is 6.10 Å². The van der Waals surface area contributed by atoms with Crippen LogP contribution in [0, 0.1) is 13.8 Å². The molecule has 0 radical (unpaired) electrons. The molecule has 1 aromatic rings. The molecule has 4 heteroatoms. The number of benzene rings is 1. The van der Waals surface area contributed by atoms with E-state index in [-0.39, 0.29) is 24.2 Å². The SMILES string of the molecule is Cc1cccc(C2CCCN2C(=O)[C@@H]2CC[C@H](CN)O2)c1C. The van der Waals surface area contributed by atoms with E-state index in [0.29, 0.717) is 6.54 Å².